The van der Waals surface area contributed by atoms with E-state index < -0.39 is 5.97 Å². The number of nitrogens with zero attached hydrogens (tertiary/aromatic N) is 2. The summed E-state index contributed by atoms with van der Waals surface area (Å²) < 4.78 is 0. The predicted octanol–water partition coefficient (Wildman–Crippen LogP) is 0.441. The fraction of sp³-hybridized carbons (Fsp3) is 0.462. The van der Waals surface area contributed by atoms with Crippen LogP contribution >= 0.6 is 0 Å². The molecule has 1 aliphatic heterocycles. The van der Waals surface area contributed by atoms with Crippen molar-refractivity contribution in [3.05, 3.63) is 23.8 Å². The molecule has 1 saturated heterocycles. The third-order valence-corrected chi connectivity index (χ3v) is 3.55. The SMILES string of the molecule is CCN1CCN(c2ccc(N)c(C(=O)ON)c2)CC1. The van der Waals surface area contributed by atoms with Crippen LogP contribution < -0.4 is 16.5 Å². The van der Waals surface area contributed by atoms with Crippen LogP contribution in [0, 0.1) is 0 Å². The van der Waals surface area contributed by atoms with E-state index in [1.165, 1.54) is 0 Å². The first-order valence-corrected chi connectivity index (χ1v) is 6.43. The van der Waals surface area contributed by atoms with Gasteiger partial charge in [-0.25, -0.2) is 4.79 Å². The number of nitrogen functional groups attached to an aromatic ring is 1. The summed E-state index contributed by atoms with van der Waals surface area (Å²) in [6.07, 6.45) is 0. The predicted molar refractivity (Wildman–Crippen MR) is 74.8 cm³/mol. The summed E-state index contributed by atoms with van der Waals surface area (Å²) in [7, 11) is 0. The zero-order valence-electron chi connectivity index (χ0n) is 11.1. The van der Waals surface area contributed by atoms with Gasteiger partial charge in [0.2, 0.25) is 0 Å². The average Bonchev–Trinajstić information content (AvgIpc) is 2.47. The zero-order chi connectivity index (χ0) is 13.8. The van der Waals surface area contributed by atoms with Gasteiger partial charge in [-0.1, -0.05) is 6.92 Å². The Kier molecular flexibility index (Phi) is 4.24. The fourth-order valence-corrected chi connectivity index (χ4v) is 2.30. The highest BCUT2D eigenvalue weighted by molar-refractivity contribution is 5.96. The molecule has 1 fully saturated rings. The number of piperazine rings is 1. The van der Waals surface area contributed by atoms with Crippen molar-refractivity contribution >= 4 is 17.3 Å². The lowest BCUT2D eigenvalue weighted by molar-refractivity contribution is 0.0504. The molecule has 19 heavy (non-hydrogen) atoms. The van der Waals surface area contributed by atoms with Gasteiger partial charge in [0.05, 0.1) is 5.56 Å². The number of anilines is 2. The molecule has 4 N–H and O–H groups in total. The number of carbonyl (C=O) groups is 1. The van der Waals surface area contributed by atoms with Gasteiger partial charge in [0.15, 0.2) is 0 Å². The van der Waals surface area contributed by atoms with E-state index in [1.54, 1.807) is 12.1 Å². The Hall–Kier alpha value is -1.79. The van der Waals surface area contributed by atoms with Crippen molar-refractivity contribution < 1.29 is 9.63 Å². The molecule has 0 aromatic heterocycles. The van der Waals surface area contributed by atoms with Gasteiger partial charge < -0.3 is 20.4 Å². The summed E-state index contributed by atoms with van der Waals surface area (Å²) in [5.41, 5.74) is 7.43. The summed E-state index contributed by atoms with van der Waals surface area (Å²) in [5, 5.41) is 0. The van der Waals surface area contributed by atoms with Crippen molar-refractivity contribution in [1.29, 1.82) is 0 Å². The molecule has 2 rings (SSSR count). The molecule has 0 bridgehead atoms. The monoisotopic (exact) mass is 264 g/mol. The third kappa shape index (κ3) is 2.97. The van der Waals surface area contributed by atoms with E-state index in [2.05, 4.69) is 21.6 Å². The molecule has 0 atom stereocenters. The Morgan fingerprint density at radius 3 is 2.58 bits per heavy atom. The second kappa shape index (κ2) is 5.90. The summed E-state index contributed by atoms with van der Waals surface area (Å²) in [5.74, 6) is 4.31. The standard InChI is InChI=1S/C13H20N4O2/c1-2-16-5-7-17(8-6-16)10-3-4-12(14)11(9-10)13(18)19-15/h3-4,9H,2,5-8,14-15H2,1H3. The van der Waals surface area contributed by atoms with Gasteiger partial charge in [0.25, 0.3) is 0 Å². The van der Waals surface area contributed by atoms with E-state index >= 15 is 0 Å². The average molecular weight is 264 g/mol. The molecule has 1 heterocycles. The lowest BCUT2D eigenvalue weighted by Gasteiger charge is -2.35. The smallest absolute Gasteiger partial charge is 0.358 e. The summed E-state index contributed by atoms with van der Waals surface area (Å²) in [6, 6.07) is 5.38. The van der Waals surface area contributed by atoms with Crippen LogP contribution in [0.4, 0.5) is 11.4 Å². The lowest BCUT2D eigenvalue weighted by Crippen LogP contribution is -2.46. The van der Waals surface area contributed by atoms with E-state index in [0.717, 1.165) is 38.4 Å². The van der Waals surface area contributed by atoms with E-state index in [9.17, 15) is 4.79 Å². The number of hydrogen-bond acceptors (Lipinski definition) is 6. The highest BCUT2D eigenvalue weighted by Crippen LogP contribution is 2.23. The number of nitrogens with two attached hydrogens (primary N) is 2. The Morgan fingerprint density at radius 1 is 1.32 bits per heavy atom. The van der Waals surface area contributed by atoms with Crippen molar-refractivity contribution in [3.8, 4) is 0 Å². The Balaban J connectivity index is 2.15. The van der Waals surface area contributed by atoms with Crippen LogP contribution in [-0.4, -0.2) is 43.6 Å². The van der Waals surface area contributed by atoms with Crippen LogP contribution in [-0.2, 0) is 4.84 Å². The normalized spacial score (nSPS) is 16.4. The molecule has 1 aromatic rings. The van der Waals surface area contributed by atoms with Crippen molar-refractivity contribution in [2.75, 3.05) is 43.4 Å². The van der Waals surface area contributed by atoms with Crippen molar-refractivity contribution in [1.82, 2.24) is 4.90 Å². The van der Waals surface area contributed by atoms with E-state index in [0.29, 0.717) is 11.3 Å². The second-order valence-corrected chi connectivity index (χ2v) is 4.60. The Morgan fingerprint density at radius 2 is 2.00 bits per heavy atom. The molecule has 0 amide bonds. The van der Waals surface area contributed by atoms with Crippen molar-refractivity contribution in [2.45, 2.75) is 6.92 Å². The van der Waals surface area contributed by atoms with Gasteiger partial charge in [0.1, 0.15) is 0 Å². The number of hydrogen-bond donors (Lipinski definition) is 2. The first-order valence-electron chi connectivity index (χ1n) is 6.43. The first kappa shape index (κ1) is 13.6. The van der Waals surface area contributed by atoms with Gasteiger partial charge in [0, 0.05) is 37.6 Å². The number of rotatable bonds is 3. The number of carbonyl (C=O) groups excluding carboxylic acids is 1. The third-order valence-electron chi connectivity index (χ3n) is 3.55. The van der Waals surface area contributed by atoms with E-state index in [4.69, 9.17) is 11.6 Å². The van der Waals surface area contributed by atoms with Crippen molar-refractivity contribution in [2.24, 2.45) is 5.90 Å². The number of likely N-dealkylation sites (N-methyl/N-ethyl adjacent to an activating group) is 1. The van der Waals surface area contributed by atoms with Crippen LogP contribution in [0.1, 0.15) is 17.3 Å². The molecule has 0 spiro atoms. The lowest BCUT2D eigenvalue weighted by atomic mass is 10.1. The molecular formula is C13H20N4O2. The van der Waals surface area contributed by atoms with Crippen LogP contribution in [0.25, 0.3) is 0 Å². The Bertz CT molecular complexity index is 456. The molecule has 1 aromatic carbocycles. The van der Waals surface area contributed by atoms with Gasteiger partial charge >= 0.3 is 5.97 Å². The molecule has 6 heteroatoms. The van der Waals surface area contributed by atoms with Gasteiger partial charge in [-0.05, 0) is 24.7 Å². The quantitative estimate of drug-likeness (QED) is 0.609. The molecule has 0 unspecified atom stereocenters. The highest BCUT2D eigenvalue weighted by atomic mass is 16.7. The molecule has 1 aliphatic rings. The largest absolute Gasteiger partial charge is 0.398 e. The molecule has 104 valence electrons. The van der Waals surface area contributed by atoms with Gasteiger partial charge in [-0.2, -0.15) is 5.90 Å². The molecule has 0 radical (unpaired) electrons. The van der Waals surface area contributed by atoms with Crippen molar-refractivity contribution in [3.63, 3.8) is 0 Å². The second-order valence-electron chi connectivity index (χ2n) is 4.60. The van der Waals surface area contributed by atoms with Crippen LogP contribution in [0.3, 0.4) is 0 Å². The zero-order valence-corrected chi connectivity index (χ0v) is 11.1. The highest BCUT2D eigenvalue weighted by Gasteiger charge is 2.18. The van der Waals surface area contributed by atoms with Crippen LogP contribution in [0.5, 0.6) is 0 Å². The van der Waals surface area contributed by atoms with E-state index in [-0.39, 0.29) is 0 Å². The Labute approximate surface area is 112 Å². The maximum atomic E-state index is 11.5. The maximum Gasteiger partial charge on any atom is 0.358 e. The first-order chi connectivity index (χ1) is 9.15. The minimum Gasteiger partial charge on any atom is -0.398 e. The maximum absolute atomic E-state index is 11.5. The van der Waals surface area contributed by atoms with Crippen LogP contribution in [0.15, 0.2) is 18.2 Å². The van der Waals surface area contributed by atoms with E-state index in [1.807, 2.05) is 6.07 Å². The van der Waals surface area contributed by atoms with Gasteiger partial charge in [-0.15, -0.1) is 0 Å². The van der Waals surface area contributed by atoms with Crippen LogP contribution in [0.2, 0.25) is 0 Å². The summed E-state index contributed by atoms with van der Waals surface area (Å²) >= 11 is 0. The fourth-order valence-electron chi connectivity index (χ4n) is 2.30. The minimum absolute atomic E-state index is 0.318. The molecular weight excluding hydrogens is 244 g/mol. The molecule has 0 saturated carbocycles. The molecule has 0 aliphatic carbocycles. The molecule has 6 nitrogen and oxygen atoms in total. The topological polar surface area (TPSA) is 84.8 Å². The summed E-state index contributed by atoms with van der Waals surface area (Å²) in [6.45, 7) is 7.16. The minimum atomic E-state index is -0.605. The summed E-state index contributed by atoms with van der Waals surface area (Å²) in [4.78, 5) is 20.4. The van der Waals surface area contributed by atoms with Gasteiger partial charge in [-0.3, -0.25) is 0 Å². The number of benzene rings is 1.